The first-order valence-electron chi connectivity index (χ1n) is 7.23. The van der Waals surface area contributed by atoms with Gasteiger partial charge >= 0.3 is 0 Å². The topological polar surface area (TPSA) is 58.6 Å². The van der Waals surface area contributed by atoms with Gasteiger partial charge in [0.05, 0.1) is 7.11 Å². The quantitative estimate of drug-likeness (QED) is 0.801. The van der Waals surface area contributed by atoms with Gasteiger partial charge in [0.2, 0.25) is 5.91 Å². The SMILES string of the molecule is COc1ccccc1C1(CNC(=O)CCCO)CCC1. The molecule has 1 saturated carbocycles. The Kier molecular flexibility index (Phi) is 5.01. The highest BCUT2D eigenvalue weighted by Gasteiger charge is 2.40. The second-order valence-electron chi connectivity index (χ2n) is 5.44. The molecule has 0 atom stereocenters. The maximum Gasteiger partial charge on any atom is 0.220 e. The number of ether oxygens (including phenoxy) is 1. The normalized spacial score (nSPS) is 16.3. The third kappa shape index (κ3) is 3.12. The minimum Gasteiger partial charge on any atom is -0.496 e. The van der Waals surface area contributed by atoms with E-state index in [-0.39, 0.29) is 17.9 Å². The van der Waals surface area contributed by atoms with Crippen molar-refractivity contribution in [2.75, 3.05) is 20.3 Å². The maximum atomic E-state index is 11.7. The fraction of sp³-hybridized carbons (Fsp3) is 0.562. The lowest BCUT2D eigenvalue weighted by Gasteiger charge is -2.43. The Hall–Kier alpha value is -1.55. The van der Waals surface area contributed by atoms with Crippen LogP contribution in [0.3, 0.4) is 0 Å². The van der Waals surface area contributed by atoms with E-state index in [9.17, 15) is 4.79 Å². The molecule has 110 valence electrons. The molecule has 4 heteroatoms. The summed E-state index contributed by atoms with van der Waals surface area (Å²) in [6.07, 6.45) is 4.25. The van der Waals surface area contributed by atoms with Gasteiger partial charge in [0.1, 0.15) is 5.75 Å². The molecule has 2 rings (SSSR count). The van der Waals surface area contributed by atoms with Crippen molar-refractivity contribution in [3.63, 3.8) is 0 Å². The summed E-state index contributed by atoms with van der Waals surface area (Å²) in [6, 6.07) is 8.06. The van der Waals surface area contributed by atoms with Crippen molar-refractivity contribution in [1.82, 2.24) is 5.32 Å². The number of benzene rings is 1. The molecule has 0 bridgehead atoms. The molecule has 0 saturated heterocycles. The minimum atomic E-state index is 0.0141. The molecule has 0 radical (unpaired) electrons. The number of methoxy groups -OCH3 is 1. The van der Waals surface area contributed by atoms with Gasteiger partial charge in [-0.25, -0.2) is 0 Å². The molecule has 1 aliphatic carbocycles. The highest BCUT2D eigenvalue weighted by atomic mass is 16.5. The van der Waals surface area contributed by atoms with E-state index in [0.717, 1.165) is 18.6 Å². The van der Waals surface area contributed by atoms with Crippen LogP contribution in [0.15, 0.2) is 24.3 Å². The first-order valence-corrected chi connectivity index (χ1v) is 7.23. The number of carbonyl (C=O) groups is 1. The molecule has 20 heavy (non-hydrogen) atoms. The fourth-order valence-electron chi connectivity index (χ4n) is 2.82. The largest absolute Gasteiger partial charge is 0.496 e. The third-order valence-corrected chi connectivity index (χ3v) is 4.17. The Labute approximate surface area is 120 Å². The van der Waals surface area contributed by atoms with Crippen molar-refractivity contribution in [3.05, 3.63) is 29.8 Å². The predicted molar refractivity (Wildman–Crippen MR) is 77.9 cm³/mol. The number of nitrogens with one attached hydrogen (secondary N) is 1. The van der Waals surface area contributed by atoms with E-state index < -0.39 is 0 Å². The number of rotatable bonds is 7. The first kappa shape index (κ1) is 14.9. The van der Waals surface area contributed by atoms with Crippen LogP contribution in [-0.4, -0.2) is 31.3 Å². The maximum absolute atomic E-state index is 11.7. The number of carbonyl (C=O) groups excluding carboxylic acids is 1. The zero-order valence-electron chi connectivity index (χ0n) is 12.0. The van der Waals surface area contributed by atoms with Crippen LogP contribution < -0.4 is 10.1 Å². The second kappa shape index (κ2) is 6.75. The predicted octanol–water partition coefficient (Wildman–Crippen LogP) is 2.01. The van der Waals surface area contributed by atoms with Gasteiger partial charge in [0.15, 0.2) is 0 Å². The van der Waals surface area contributed by atoms with E-state index in [0.29, 0.717) is 19.4 Å². The number of aliphatic hydroxyl groups excluding tert-OH is 1. The average Bonchev–Trinajstić information content (AvgIpc) is 2.44. The van der Waals surface area contributed by atoms with Crippen molar-refractivity contribution in [1.29, 1.82) is 0 Å². The molecule has 1 aromatic carbocycles. The Morgan fingerprint density at radius 1 is 1.40 bits per heavy atom. The summed E-state index contributed by atoms with van der Waals surface area (Å²) < 4.78 is 5.45. The number of para-hydroxylation sites is 1. The van der Waals surface area contributed by atoms with E-state index in [1.54, 1.807) is 7.11 Å². The molecule has 0 heterocycles. The number of amides is 1. The van der Waals surface area contributed by atoms with Crippen molar-refractivity contribution >= 4 is 5.91 Å². The van der Waals surface area contributed by atoms with Gasteiger partial charge in [-0.2, -0.15) is 0 Å². The summed E-state index contributed by atoms with van der Waals surface area (Å²) in [5.41, 5.74) is 1.21. The van der Waals surface area contributed by atoms with Gasteiger partial charge in [0, 0.05) is 30.6 Å². The molecule has 0 aromatic heterocycles. The second-order valence-corrected chi connectivity index (χ2v) is 5.44. The van der Waals surface area contributed by atoms with Gasteiger partial charge < -0.3 is 15.2 Å². The molecule has 0 spiro atoms. The van der Waals surface area contributed by atoms with Crippen LogP contribution in [0.5, 0.6) is 5.75 Å². The van der Waals surface area contributed by atoms with Crippen LogP contribution in [0, 0.1) is 0 Å². The Bertz CT molecular complexity index is 455. The lowest BCUT2D eigenvalue weighted by molar-refractivity contribution is -0.121. The lowest BCUT2D eigenvalue weighted by Crippen LogP contribution is -2.45. The highest BCUT2D eigenvalue weighted by molar-refractivity contribution is 5.76. The van der Waals surface area contributed by atoms with E-state index >= 15 is 0 Å². The first-order chi connectivity index (χ1) is 9.72. The van der Waals surface area contributed by atoms with E-state index in [4.69, 9.17) is 9.84 Å². The van der Waals surface area contributed by atoms with Crippen LogP contribution in [-0.2, 0) is 10.2 Å². The Morgan fingerprint density at radius 2 is 2.15 bits per heavy atom. The smallest absolute Gasteiger partial charge is 0.220 e. The number of aliphatic hydroxyl groups is 1. The number of hydrogen-bond acceptors (Lipinski definition) is 3. The molecule has 2 N–H and O–H groups in total. The van der Waals surface area contributed by atoms with Gasteiger partial charge in [0.25, 0.3) is 0 Å². The van der Waals surface area contributed by atoms with Crippen LogP contribution >= 0.6 is 0 Å². The van der Waals surface area contributed by atoms with E-state index in [1.807, 2.05) is 18.2 Å². The Balaban J connectivity index is 2.04. The molecular weight excluding hydrogens is 254 g/mol. The third-order valence-electron chi connectivity index (χ3n) is 4.17. The van der Waals surface area contributed by atoms with Crippen LogP contribution in [0.25, 0.3) is 0 Å². The van der Waals surface area contributed by atoms with Gasteiger partial charge in [-0.1, -0.05) is 24.6 Å². The average molecular weight is 277 g/mol. The van der Waals surface area contributed by atoms with Crippen molar-refractivity contribution in [2.45, 2.75) is 37.5 Å². The minimum absolute atomic E-state index is 0.0141. The van der Waals surface area contributed by atoms with Gasteiger partial charge in [-0.05, 0) is 25.3 Å². The summed E-state index contributed by atoms with van der Waals surface area (Å²) in [5.74, 6) is 0.914. The van der Waals surface area contributed by atoms with Crippen molar-refractivity contribution < 1.29 is 14.6 Å². The van der Waals surface area contributed by atoms with E-state index in [1.165, 1.54) is 12.0 Å². The molecule has 1 fully saturated rings. The van der Waals surface area contributed by atoms with Crippen molar-refractivity contribution in [3.8, 4) is 5.75 Å². The summed E-state index contributed by atoms with van der Waals surface area (Å²) in [7, 11) is 1.69. The molecular formula is C16H23NO3. The summed E-state index contributed by atoms with van der Waals surface area (Å²) in [5, 5.41) is 11.8. The molecule has 0 aliphatic heterocycles. The zero-order chi connectivity index (χ0) is 14.4. The Morgan fingerprint density at radius 3 is 2.75 bits per heavy atom. The molecule has 4 nitrogen and oxygen atoms in total. The summed E-state index contributed by atoms with van der Waals surface area (Å²) in [6.45, 7) is 0.711. The van der Waals surface area contributed by atoms with Crippen LogP contribution in [0.2, 0.25) is 0 Å². The molecule has 1 amide bonds. The lowest BCUT2D eigenvalue weighted by atomic mass is 9.64. The standard InChI is InChI=1S/C16H23NO3/c1-20-14-7-3-2-6-13(14)16(9-5-10-16)12-17-15(19)8-4-11-18/h2-3,6-7,18H,4-5,8-12H2,1H3,(H,17,19). The summed E-state index contributed by atoms with van der Waals surface area (Å²) >= 11 is 0. The van der Waals surface area contributed by atoms with E-state index in [2.05, 4.69) is 11.4 Å². The molecule has 1 aliphatic rings. The summed E-state index contributed by atoms with van der Waals surface area (Å²) in [4.78, 5) is 11.7. The highest BCUT2D eigenvalue weighted by Crippen LogP contribution is 2.46. The monoisotopic (exact) mass is 277 g/mol. The van der Waals surface area contributed by atoms with Gasteiger partial charge in [-0.3, -0.25) is 4.79 Å². The van der Waals surface area contributed by atoms with Gasteiger partial charge in [-0.15, -0.1) is 0 Å². The molecule has 1 aromatic rings. The van der Waals surface area contributed by atoms with Crippen LogP contribution in [0.4, 0.5) is 0 Å². The number of hydrogen-bond donors (Lipinski definition) is 2. The fourth-order valence-corrected chi connectivity index (χ4v) is 2.82. The zero-order valence-corrected chi connectivity index (χ0v) is 12.0. The van der Waals surface area contributed by atoms with Crippen molar-refractivity contribution in [2.24, 2.45) is 0 Å². The van der Waals surface area contributed by atoms with Crippen LogP contribution in [0.1, 0.15) is 37.7 Å². The molecule has 0 unspecified atom stereocenters.